The Morgan fingerprint density at radius 2 is 2.05 bits per heavy atom. The number of nitrogens with one attached hydrogen (secondary N) is 1. The van der Waals surface area contributed by atoms with Gasteiger partial charge in [0.2, 0.25) is 0 Å². The summed E-state index contributed by atoms with van der Waals surface area (Å²) in [6.07, 6.45) is 1.35. The fourth-order valence-corrected chi connectivity index (χ4v) is 1.80. The summed E-state index contributed by atoms with van der Waals surface area (Å²) >= 11 is 0. The van der Waals surface area contributed by atoms with E-state index in [1.807, 2.05) is 30.3 Å². The summed E-state index contributed by atoms with van der Waals surface area (Å²) in [5.41, 5.74) is 3.61. The molecule has 104 valence electrons. The molecule has 0 saturated heterocycles. The molecule has 0 unspecified atom stereocenters. The topological polar surface area (TPSA) is 93.6 Å². The first-order chi connectivity index (χ1) is 10.2. The van der Waals surface area contributed by atoms with Gasteiger partial charge in [0.05, 0.1) is 17.8 Å². The van der Waals surface area contributed by atoms with Crippen molar-refractivity contribution in [2.75, 3.05) is 5.43 Å². The van der Waals surface area contributed by atoms with Gasteiger partial charge in [-0.05, 0) is 24.3 Å². The van der Waals surface area contributed by atoms with Crippen LogP contribution < -0.4 is 5.43 Å². The van der Waals surface area contributed by atoms with E-state index in [-0.39, 0.29) is 11.6 Å². The Balaban J connectivity index is 1.73. The molecule has 0 amide bonds. The SMILES string of the molecule is O=[N+]([O-])c1ccc(/C=N/Nc2ccc3ccccc3n2)o1. The lowest BCUT2D eigenvalue weighted by Crippen LogP contribution is -1.93. The van der Waals surface area contributed by atoms with Crippen molar-refractivity contribution in [1.82, 2.24) is 4.98 Å². The lowest BCUT2D eigenvalue weighted by molar-refractivity contribution is -0.402. The molecule has 1 N–H and O–H groups in total. The van der Waals surface area contributed by atoms with E-state index in [0.29, 0.717) is 5.82 Å². The van der Waals surface area contributed by atoms with Gasteiger partial charge < -0.3 is 4.42 Å². The molecule has 1 aromatic carbocycles. The van der Waals surface area contributed by atoms with Crippen LogP contribution in [-0.4, -0.2) is 16.1 Å². The average Bonchev–Trinajstić information content (AvgIpc) is 2.96. The minimum atomic E-state index is -0.602. The van der Waals surface area contributed by atoms with E-state index in [4.69, 9.17) is 4.42 Å². The maximum atomic E-state index is 10.5. The summed E-state index contributed by atoms with van der Waals surface area (Å²) in [6.45, 7) is 0. The third-order valence-electron chi connectivity index (χ3n) is 2.76. The van der Waals surface area contributed by atoms with Crippen molar-refractivity contribution < 1.29 is 9.34 Å². The van der Waals surface area contributed by atoms with Crippen LogP contribution >= 0.6 is 0 Å². The van der Waals surface area contributed by atoms with Crippen molar-refractivity contribution in [2.45, 2.75) is 0 Å². The summed E-state index contributed by atoms with van der Waals surface area (Å²) in [6, 6.07) is 14.2. The van der Waals surface area contributed by atoms with Crippen molar-refractivity contribution in [3.8, 4) is 0 Å². The summed E-state index contributed by atoms with van der Waals surface area (Å²) in [5.74, 6) is 0.543. The van der Waals surface area contributed by atoms with Crippen molar-refractivity contribution in [1.29, 1.82) is 0 Å². The molecular weight excluding hydrogens is 272 g/mol. The number of furan rings is 1. The van der Waals surface area contributed by atoms with E-state index in [2.05, 4.69) is 15.5 Å². The molecule has 2 heterocycles. The second-order valence-corrected chi connectivity index (χ2v) is 4.19. The first kappa shape index (κ1) is 12.8. The summed E-state index contributed by atoms with van der Waals surface area (Å²) in [5, 5.41) is 15.4. The minimum Gasteiger partial charge on any atom is -0.400 e. The fraction of sp³-hybridized carbons (Fsp3) is 0. The predicted molar refractivity (Wildman–Crippen MR) is 78.3 cm³/mol. The number of anilines is 1. The molecule has 3 aromatic rings. The average molecular weight is 282 g/mol. The molecule has 21 heavy (non-hydrogen) atoms. The molecule has 0 aliphatic heterocycles. The number of benzene rings is 1. The number of hydrazone groups is 1. The highest BCUT2D eigenvalue weighted by molar-refractivity contribution is 5.80. The van der Waals surface area contributed by atoms with Gasteiger partial charge in [-0.2, -0.15) is 5.10 Å². The van der Waals surface area contributed by atoms with E-state index < -0.39 is 4.92 Å². The summed E-state index contributed by atoms with van der Waals surface area (Å²) in [7, 11) is 0. The number of hydrogen-bond donors (Lipinski definition) is 1. The van der Waals surface area contributed by atoms with Gasteiger partial charge >= 0.3 is 5.88 Å². The zero-order valence-electron chi connectivity index (χ0n) is 10.8. The van der Waals surface area contributed by atoms with Gasteiger partial charge in [0.25, 0.3) is 0 Å². The Hall–Kier alpha value is -3.22. The van der Waals surface area contributed by atoms with E-state index in [0.717, 1.165) is 10.9 Å². The van der Waals surface area contributed by atoms with Crippen LogP contribution in [0, 0.1) is 10.1 Å². The van der Waals surface area contributed by atoms with E-state index in [1.165, 1.54) is 18.3 Å². The van der Waals surface area contributed by atoms with Crippen LogP contribution in [0.1, 0.15) is 5.76 Å². The second-order valence-electron chi connectivity index (χ2n) is 4.19. The van der Waals surface area contributed by atoms with Crippen LogP contribution in [0.3, 0.4) is 0 Å². The largest absolute Gasteiger partial charge is 0.433 e. The number of aromatic nitrogens is 1. The van der Waals surface area contributed by atoms with Crippen LogP contribution in [-0.2, 0) is 0 Å². The van der Waals surface area contributed by atoms with Crippen LogP contribution in [0.2, 0.25) is 0 Å². The third kappa shape index (κ3) is 2.86. The van der Waals surface area contributed by atoms with Gasteiger partial charge in [-0.3, -0.25) is 15.5 Å². The highest BCUT2D eigenvalue weighted by Gasteiger charge is 2.10. The molecule has 0 aliphatic carbocycles. The van der Waals surface area contributed by atoms with Crippen LogP contribution in [0.25, 0.3) is 10.9 Å². The molecule has 0 saturated carbocycles. The lowest BCUT2D eigenvalue weighted by atomic mass is 10.2. The van der Waals surface area contributed by atoms with Gasteiger partial charge in [-0.15, -0.1) is 0 Å². The Bertz CT molecular complexity index is 826. The maximum Gasteiger partial charge on any atom is 0.433 e. The fourth-order valence-electron chi connectivity index (χ4n) is 1.80. The van der Waals surface area contributed by atoms with Gasteiger partial charge in [-0.25, -0.2) is 4.98 Å². The number of nitro groups is 1. The monoisotopic (exact) mass is 282 g/mol. The molecule has 0 fully saturated rings. The summed E-state index contributed by atoms with van der Waals surface area (Å²) < 4.78 is 4.94. The quantitative estimate of drug-likeness (QED) is 0.450. The van der Waals surface area contributed by atoms with Crippen molar-refractivity contribution >= 4 is 28.8 Å². The summed E-state index contributed by atoms with van der Waals surface area (Å²) in [4.78, 5) is 14.3. The van der Waals surface area contributed by atoms with E-state index >= 15 is 0 Å². The number of nitrogens with zero attached hydrogens (tertiary/aromatic N) is 3. The molecule has 0 bridgehead atoms. The molecule has 3 rings (SSSR count). The first-order valence-electron chi connectivity index (χ1n) is 6.11. The van der Waals surface area contributed by atoms with Crippen LogP contribution in [0.15, 0.2) is 58.0 Å². The number of fused-ring (bicyclic) bond motifs is 1. The smallest absolute Gasteiger partial charge is 0.400 e. The Labute approximate surface area is 119 Å². The molecule has 2 aromatic heterocycles. The Morgan fingerprint density at radius 3 is 2.86 bits per heavy atom. The van der Waals surface area contributed by atoms with Gasteiger partial charge in [0.15, 0.2) is 5.76 Å². The lowest BCUT2D eigenvalue weighted by Gasteiger charge is -2.01. The normalized spacial score (nSPS) is 11.0. The van der Waals surface area contributed by atoms with Gasteiger partial charge in [-0.1, -0.05) is 18.2 Å². The molecule has 0 atom stereocenters. The highest BCUT2D eigenvalue weighted by Crippen LogP contribution is 2.15. The van der Waals surface area contributed by atoms with Crippen molar-refractivity contribution in [2.24, 2.45) is 5.10 Å². The number of rotatable bonds is 4. The third-order valence-corrected chi connectivity index (χ3v) is 2.76. The zero-order chi connectivity index (χ0) is 14.7. The highest BCUT2D eigenvalue weighted by atomic mass is 16.6. The van der Waals surface area contributed by atoms with E-state index in [9.17, 15) is 10.1 Å². The van der Waals surface area contributed by atoms with E-state index in [1.54, 1.807) is 6.07 Å². The second kappa shape index (κ2) is 5.41. The maximum absolute atomic E-state index is 10.5. The van der Waals surface area contributed by atoms with Crippen LogP contribution in [0.4, 0.5) is 11.7 Å². The van der Waals surface area contributed by atoms with Gasteiger partial charge in [0.1, 0.15) is 10.7 Å². The van der Waals surface area contributed by atoms with Crippen molar-refractivity contribution in [3.05, 3.63) is 64.4 Å². The number of para-hydroxylation sites is 1. The Morgan fingerprint density at radius 1 is 1.19 bits per heavy atom. The molecule has 0 radical (unpaired) electrons. The minimum absolute atomic E-state index is 0.287. The Kier molecular flexibility index (Phi) is 3.30. The molecule has 0 spiro atoms. The van der Waals surface area contributed by atoms with Crippen LogP contribution in [0.5, 0.6) is 0 Å². The number of hydrogen-bond acceptors (Lipinski definition) is 6. The zero-order valence-corrected chi connectivity index (χ0v) is 10.8. The first-order valence-corrected chi connectivity index (χ1v) is 6.11. The molecule has 0 aliphatic rings. The molecule has 7 nitrogen and oxygen atoms in total. The standard InChI is InChI=1S/C14H10N4O3/c19-18(20)14-8-6-11(21-14)9-15-17-13-7-5-10-3-1-2-4-12(10)16-13/h1-9H,(H,16,17)/b15-9+. The van der Waals surface area contributed by atoms with Crippen molar-refractivity contribution in [3.63, 3.8) is 0 Å². The predicted octanol–water partition coefficient (Wildman–Crippen LogP) is 3.18. The molecule has 7 heteroatoms. The number of pyridine rings is 1. The molecular formula is C14H10N4O3. The van der Waals surface area contributed by atoms with Gasteiger partial charge in [0, 0.05) is 5.39 Å².